The minimum atomic E-state index is -4.44. The average Bonchev–Trinajstić information content (AvgIpc) is 2.73. The fraction of sp³-hybridized carbons (Fsp3) is 0.273. The van der Waals surface area contributed by atoms with Crippen LogP contribution in [0.4, 0.5) is 13.2 Å². The number of nitrogens with zero attached hydrogens (tertiary/aromatic N) is 2. The van der Waals surface area contributed by atoms with Gasteiger partial charge >= 0.3 is 6.18 Å². The zero-order chi connectivity index (χ0) is 21.9. The largest absolute Gasteiger partial charge is 0.416 e. The molecule has 4 nitrogen and oxygen atoms in total. The fourth-order valence-electron chi connectivity index (χ4n) is 3.10. The second kappa shape index (κ2) is 8.92. The van der Waals surface area contributed by atoms with Gasteiger partial charge in [0.2, 0.25) is 5.91 Å². The number of piperazine rings is 1. The summed E-state index contributed by atoms with van der Waals surface area (Å²) in [6, 6.07) is 9.67. The molecule has 0 radical (unpaired) electrons. The molecular formula is C22H20ClF3N2O2. The first-order valence-corrected chi connectivity index (χ1v) is 9.72. The van der Waals surface area contributed by atoms with Crippen molar-refractivity contribution in [2.45, 2.75) is 13.1 Å². The van der Waals surface area contributed by atoms with E-state index in [1.165, 1.54) is 23.1 Å². The average molecular weight is 437 g/mol. The van der Waals surface area contributed by atoms with Gasteiger partial charge in [-0.05, 0) is 54.5 Å². The molecule has 0 bridgehead atoms. The molecule has 1 aliphatic rings. The van der Waals surface area contributed by atoms with Gasteiger partial charge in [-0.15, -0.1) is 0 Å². The maximum Gasteiger partial charge on any atom is 0.416 e. The Morgan fingerprint density at radius 1 is 0.967 bits per heavy atom. The van der Waals surface area contributed by atoms with Gasteiger partial charge in [0.25, 0.3) is 5.91 Å². The first-order valence-electron chi connectivity index (χ1n) is 9.35. The van der Waals surface area contributed by atoms with Gasteiger partial charge in [0, 0.05) is 42.8 Å². The SMILES string of the molecule is Cc1ccc(/C=C/C(=O)N2CCN(C(=O)c3ccc(C(F)(F)F)cc3)CC2)cc1Cl. The Kier molecular flexibility index (Phi) is 6.51. The summed E-state index contributed by atoms with van der Waals surface area (Å²) in [7, 11) is 0. The number of benzene rings is 2. The standard InChI is InChI=1S/C22H20ClF3N2O2/c1-15-2-3-16(14-19(15)23)4-9-20(29)27-10-12-28(13-11-27)21(30)17-5-7-18(8-6-17)22(24,25)26/h2-9,14H,10-13H2,1H3/b9-4+. The third kappa shape index (κ3) is 5.21. The summed E-state index contributed by atoms with van der Waals surface area (Å²) in [4.78, 5) is 28.1. The fourth-order valence-corrected chi connectivity index (χ4v) is 3.29. The molecule has 3 rings (SSSR count). The molecule has 30 heavy (non-hydrogen) atoms. The van der Waals surface area contributed by atoms with E-state index in [-0.39, 0.29) is 17.4 Å². The molecule has 0 saturated carbocycles. The normalized spacial score (nSPS) is 15.0. The molecule has 2 amide bonds. The summed E-state index contributed by atoms with van der Waals surface area (Å²) in [5.74, 6) is -0.519. The second-order valence-electron chi connectivity index (χ2n) is 7.03. The van der Waals surface area contributed by atoms with Gasteiger partial charge < -0.3 is 9.80 Å². The van der Waals surface area contributed by atoms with Crippen LogP contribution in [0.25, 0.3) is 6.08 Å². The van der Waals surface area contributed by atoms with Crippen LogP contribution in [-0.4, -0.2) is 47.8 Å². The van der Waals surface area contributed by atoms with Crippen LogP contribution in [0.15, 0.2) is 48.5 Å². The Balaban J connectivity index is 1.56. The van der Waals surface area contributed by atoms with E-state index in [0.29, 0.717) is 31.2 Å². The minimum absolute atomic E-state index is 0.173. The summed E-state index contributed by atoms with van der Waals surface area (Å²) >= 11 is 6.08. The molecule has 0 spiro atoms. The molecular weight excluding hydrogens is 417 g/mol. The molecule has 1 aliphatic heterocycles. The number of amides is 2. The van der Waals surface area contributed by atoms with Gasteiger partial charge in [-0.2, -0.15) is 13.2 Å². The van der Waals surface area contributed by atoms with Gasteiger partial charge in [0.15, 0.2) is 0 Å². The maximum atomic E-state index is 12.7. The second-order valence-corrected chi connectivity index (χ2v) is 7.44. The summed E-state index contributed by atoms with van der Waals surface area (Å²) in [5.41, 5.74) is 1.17. The number of carbonyl (C=O) groups is 2. The predicted molar refractivity (Wildman–Crippen MR) is 109 cm³/mol. The van der Waals surface area contributed by atoms with Crippen LogP contribution in [0.2, 0.25) is 5.02 Å². The van der Waals surface area contributed by atoms with Gasteiger partial charge in [-0.1, -0.05) is 23.7 Å². The zero-order valence-electron chi connectivity index (χ0n) is 16.2. The summed E-state index contributed by atoms with van der Waals surface area (Å²) in [5, 5.41) is 0.625. The molecule has 0 aliphatic carbocycles. The number of rotatable bonds is 3. The lowest BCUT2D eigenvalue weighted by atomic mass is 10.1. The molecule has 2 aromatic rings. The third-order valence-corrected chi connectivity index (χ3v) is 5.36. The molecule has 8 heteroatoms. The minimum Gasteiger partial charge on any atom is -0.336 e. The molecule has 0 atom stereocenters. The number of alkyl halides is 3. The van der Waals surface area contributed by atoms with Crippen molar-refractivity contribution in [3.8, 4) is 0 Å². The molecule has 1 saturated heterocycles. The Hall–Kier alpha value is -2.80. The highest BCUT2D eigenvalue weighted by atomic mass is 35.5. The maximum absolute atomic E-state index is 12.7. The number of hydrogen-bond donors (Lipinski definition) is 0. The van der Waals surface area contributed by atoms with Crippen LogP contribution in [0.3, 0.4) is 0 Å². The van der Waals surface area contributed by atoms with Crippen molar-refractivity contribution in [1.82, 2.24) is 9.80 Å². The first kappa shape index (κ1) is 21.9. The van der Waals surface area contributed by atoms with Crippen molar-refractivity contribution in [2.24, 2.45) is 0 Å². The van der Waals surface area contributed by atoms with Crippen molar-refractivity contribution in [1.29, 1.82) is 0 Å². The number of hydrogen-bond acceptors (Lipinski definition) is 2. The highest BCUT2D eigenvalue weighted by Gasteiger charge is 2.31. The van der Waals surface area contributed by atoms with Crippen molar-refractivity contribution in [3.05, 3.63) is 75.8 Å². The molecule has 158 valence electrons. The van der Waals surface area contributed by atoms with Gasteiger partial charge in [0.05, 0.1) is 5.56 Å². The summed E-state index contributed by atoms with van der Waals surface area (Å²) in [6.45, 7) is 3.23. The summed E-state index contributed by atoms with van der Waals surface area (Å²) < 4.78 is 38.0. The van der Waals surface area contributed by atoms with E-state index in [2.05, 4.69) is 0 Å². The van der Waals surface area contributed by atoms with Gasteiger partial charge in [-0.3, -0.25) is 9.59 Å². The van der Waals surface area contributed by atoms with Gasteiger partial charge in [-0.25, -0.2) is 0 Å². The van der Waals surface area contributed by atoms with E-state index in [0.717, 1.165) is 23.3 Å². The van der Waals surface area contributed by atoms with E-state index < -0.39 is 11.7 Å². The van der Waals surface area contributed by atoms with Crippen LogP contribution < -0.4 is 0 Å². The number of carbonyl (C=O) groups excluding carboxylic acids is 2. The van der Waals surface area contributed by atoms with Crippen LogP contribution in [0, 0.1) is 6.92 Å². The Morgan fingerprint density at radius 2 is 1.57 bits per heavy atom. The molecule has 2 aromatic carbocycles. The lowest BCUT2D eigenvalue weighted by molar-refractivity contribution is -0.137. The highest BCUT2D eigenvalue weighted by molar-refractivity contribution is 6.31. The monoisotopic (exact) mass is 436 g/mol. The zero-order valence-corrected chi connectivity index (χ0v) is 17.0. The number of aryl methyl sites for hydroxylation is 1. The van der Waals surface area contributed by atoms with Crippen LogP contribution >= 0.6 is 11.6 Å². The highest BCUT2D eigenvalue weighted by Crippen LogP contribution is 2.29. The van der Waals surface area contributed by atoms with Crippen molar-refractivity contribution in [2.75, 3.05) is 26.2 Å². The van der Waals surface area contributed by atoms with Crippen molar-refractivity contribution in [3.63, 3.8) is 0 Å². The Morgan fingerprint density at radius 3 is 2.13 bits per heavy atom. The Bertz CT molecular complexity index is 963. The molecule has 1 heterocycles. The third-order valence-electron chi connectivity index (χ3n) is 4.95. The first-order chi connectivity index (χ1) is 14.1. The molecule has 0 unspecified atom stereocenters. The van der Waals surface area contributed by atoms with E-state index in [1.54, 1.807) is 17.0 Å². The van der Waals surface area contributed by atoms with E-state index >= 15 is 0 Å². The topological polar surface area (TPSA) is 40.6 Å². The summed E-state index contributed by atoms with van der Waals surface area (Å²) in [6.07, 6.45) is -1.29. The van der Waals surface area contributed by atoms with E-state index in [9.17, 15) is 22.8 Å². The molecule has 0 N–H and O–H groups in total. The van der Waals surface area contributed by atoms with Gasteiger partial charge in [0.1, 0.15) is 0 Å². The lowest BCUT2D eigenvalue weighted by Crippen LogP contribution is -2.50. The molecule has 0 aromatic heterocycles. The van der Waals surface area contributed by atoms with Crippen molar-refractivity contribution < 1.29 is 22.8 Å². The smallest absolute Gasteiger partial charge is 0.336 e. The molecule has 1 fully saturated rings. The Labute approximate surface area is 177 Å². The lowest BCUT2D eigenvalue weighted by Gasteiger charge is -2.34. The van der Waals surface area contributed by atoms with E-state index in [1.807, 2.05) is 19.1 Å². The van der Waals surface area contributed by atoms with E-state index in [4.69, 9.17) is 11.6 Å². The quantitative estimate of drug-likeness (QED) is 0.656. The van der Waals surface area contributed by atoms with Crippen LogP contribution in [0.1, 0.15) is 27.0 Å². The number of halogens is 4. The van der Waals surface area contributed by atoms with Crippen LogP contribution in [0.5, 0.6) is 0 Å². The predicted octanol–water partition coefficient (Wildman–Crippen LogP) is 4.67. The van der Waals surface area contributed by atoms with Crippen LogP contribution in [-0.2, 0) is 11.0 Å². The van der Waals surface area contributed by atoms with Crippen molar-refractivity contribution >= 4 is 29.5 Å².